The van der Waals surface area contributed by atoms with Crippen LogP contribution in [0, 0.1) is 11.8 Å². The Kier molecular flexibility index (Phi) is 1.98. The molecule has 15 heavy (non-hydrogen) atoms. The van der Waals surface area contributed by atoms with Crippen LogP contribution in [0.3, 0.4) is 0 Å². The van der Waals surface area contributed by atoms with E-state index >= 15 is 0 Å². The number of amides is 1. The normalized spacial score (nSPS) is 29.5. The molecule has 0 unspecified atom stereocenters. The first-order valence-electron chi connectivity index (χ1n) is 5.25. The molecular formula is C10H13N3O2. The third-order valence-corrected chi connectivity index (χ3v) is 3.33. The monoisotopic (exact) mass is 207 g/mol. The molecule has 80 valence electrons. The Morgan fingerprint density at radius 3 is 2.80 bits per heavy atom. The Morgan fingerprint density at radius 1 is 1.47 bits per heavy atom. The van der Waals surface area contributed by atoms with Gasteiger partial charge in [0.2, 0.25) is 0 Å². The molecule has 3 heterocycles. The highest BCUT2D eigenvalue weighted by molar-refractivity contribution is 5.92. The van der Waals surface area contributed by atoms with Crippen molar-refractivity contribution in [1.82, 2.24) is 15.4 Å². The van der Waals surface area contributed by atoms with E-state index in [4.69, 9.17) is 0 Å². The molecule has 1 N–H and O–H groups in total. The maximum atomic E-state index is 11.9. The predicted octanol–water partition coefficient (Wildman–Crippen LogP) is -0.0340. The van der Waals surface area contributed by atoms with Gasteiger partial charge in [-0.15, -0.1) is 0 Å². The lowest BCUT2D eigenvalue weighted by Crippen LogP contribution is -2.32. The van der Waals surface area contributed by atoms with Crippen molar-refractivity contribution < 1.29 is 9.32 Å². The zero-order valence-electron chi connectivity index (χ0n) is 8.35. The van der Waals surface area contributed by atoms with Crippen molar-refractivity contribution in [3.05, 3.63) is 18.0 Å². The summed E-state index contributed by atoms with van der Waals surface area (Å²) >= 11 is 0. The molecule has 2 atom stereocenters. The van der Waals surface area contributed by atoms with Crippen LogP contribution in [0.4, 0.5) is 0 Å². The van der Waals surface area contributed by atoms with Crippen LogP contribution in [0.25, 0.3) is 0 Å². The summed E-state index contributed by atoms with van der Waals surface area (Å²) in [4.78, 5) is 13.8. The first kappa shape index (κ1) is 8.91. The topological polar surface area (TPSA) is 58.4 Å². The Hall–Kier alpha value is -1.36. The number of aromatic nitrogens is 1. The summed E-state index contributed by atoms with van der Waals surface area (Å²) in [5.41, 5.74) is 0.419. The van der Waals surface area contributed by atoms with E-state index < -0.39 is 0 Å². The summed E-state index contributed by atoms with van der Waals surface area (Å²) in [6.45, 7) is 3.77. The highest BCUT2D eigenvalue weighted by atomic mass is 16.5. The second-order valence-electron chi connectivity index (χ2n) is 4.27. The highest BCUT2D eigenvalue weighted by Crippen LogP contribution is 2.27. The van der Waals surface area contributed by atoms with Crippen molar-refractivity contribution in [2.75, 3.05) is 26.2 Å². The maximum Gasteiger partial charge on any atom is 0.276 e. The van der Waals surface area contributed by atoms with Gasteiger partial charge in [0.05, 0.1) is 0 Å². The fourth-order valence-corrected chi connectivity index (χ4v) is 2.51. The quantitative estimate of drug-likeness (QED) is 0.702. The zero-order chi connectivity index (χ0) is 10.3. The van der Waals surface area contributed by atoms with Crippen LogP contribution in [-0.2, 0) is 0 Å². The van der Waals surface area contributed by atoms with Crippen LogP contribution in [0.1, 0.15) is 10.5 Å². The average molecular weight is 207 g/mol. The third kappa shape index (κ3) is 1.43. The molecule has 1 aromatic rings. The molecule has 2 fully saturated rings. The third-order valence-electron chi connectivity index (χ3n) is 3.33. The minimum Gasteiger partial charge on any atom is -0.364 e. The van der Waals surface area contributed by atoms with Gasteiger partial charge in [0.15, 0.2) is 5.69 Å². The predicted molar refractivity (Wildman–Crippen MR) is 52.3 cm³/mol. The van der Waals surface area contributed by atoms with Crippen molar-refractivity contribution >= 4 is 5.91 Å². The highest BCUT2D eigenvalue weighted by Gasteiger charge is 2.38. The lowest BCUT2D eigenvalue weighted by atomic mass is 10.0. The van der Waals surface area contributed by atoms with Gasteiger partial charge in [-0.05, 0) is 11.8 Å². The van der Waals surface area contributed by atoms with Gasteiger partial charge >= 0.3 is 0 Å². The average Bonchev–Trinajstić information content (AvgIpc) is 2.92. The molecule has 1 amide bonds. The SMILES string of the molecule is O=C(c1ccon1)N1C[C@H]2CNC[C@H]2C1. The van der Waals surface area contributed by atoms with Crippen molar-refractivity contribution in [2.24, 2.45) is 11.8 Å². The minimum absolute atomic E-state index is 0.00171. The van der Waals surface area contributed by atoms with Crippen molar-refractivity contribution in [2.45, 2.75) is 0 Å². The summed E-state index contributed by atoms with van der Waals surface area (Å²) in [6.07, 6.45) is 1.44. The molecule has 0 saturated carbocycles. The van der Waals surface area contributed by atoms with E-state index in [2.05, 4.69) is 15.0 Å². The van der Waals surface area contributed by atoms with E-state index in [-0.39, 0.29) is 5.91 Å². The van der Waals surface area contributed by atoms with Crippen LogP contribution < -0.4 is 5.32 Å². The first-order valence-corrected chi connectivity index (χ1v) is 5.25. The molecule has 5 nitrogen and oxygen atoms in total. The Labute approximate surface area is 87.4 Å². The van der Waals surface area contributed by atoms with E-state index in [0.717, 1.165) is 26.2 Å². The van der Waals surface area contributed by atoms with E-state index in [0.29, 0.717) is 17.5 Å². The van der Waals surface area contributed by atoms with E-state index in [1.54, 1.807) is 6.07 Å². The number of hydrogen-bond donors (Lipinski definition) is 1. The maximum absolute atomic E-state index is 11.9. The first-order chi connectivity index (χ1) is 7.34. The molecule has 1 aromatic heterocycles. The molecule has 2 aliphatic rings. The van der Waals surface area contributed by atoms with Crippen molar-refractivity contribution in [3.8, 4) is 0 Å². The summed E-state index contributed by atoms with van der Waals surface area (Å²) in [5.74, 6) is 1.25. The van der Waals surface area contributed by atoms with Crippen LogP contribution in [-0.4, -0.2) is 42.1 Å². The standard InChI is InChI=1S/C10H13N3O2/c14-10(9-1-2-15-12-9)13-5-7-3-11-4-8(7)6-13/h1-2,7-8,11H,3-6H2/t7-,8+. The Bertz CT molecular complexity index is 351. The smallest absolute Gasteiger partial charge is 0.276 e. The number of likely N-dealkylation sites (tertiary alicyclic amines) is 1. The largest absolute Gasteiger partial charge is 0.364 e. The van der Waals surface area contributed by atoms with Crippen molar-refractivity contribution in [1.29, 1.82) is 0 Å². The molecule has 3 rings (SSSR count). The molecular weight excluding hydrogens is 194 g/mol. The molecule has 2 aliphatic heterocycles. The summed E-state index contributed by atoms with van der Waals surface area (Å²) in [7, 11) is 0. The number of rotatable bonds is 1. The van der Waals surface area contributed by atoms with Crippen molar-refractivity contribution in [3.63, 3.8) is 0 Å². The number of carbonyl (C=O) groups excluding carboxylic acids is 1. The summed E-state index contributed by atoms with van der Waals surface area (Å²) in [5, 5.41) is 7.02. The summed E-state index contributed by atoms with van der Waals surface area (Å²) < 4.78 is 4.68. The number of fused-ring (bicyclic) bond motifs is 1. The Balaban J connectivity index is 1.72. The van der Waals surface area contributed by atoms with E-state index in [1.807, 2.05) is 4.90 Å². The van der Waals surface area contributed by atoms with Gasteiger partial charge in [0.1, 0.15) is 6.26 Å². The van der Waals surface area contributed by atoms with E-state index in [1.165, 1.54) is 6.26 Å². The number of carbonyl (C=O) groups is 1. The molecule has 0 spiro atoms. The van der Waals surface area contributed by atoms with Gasteiger partial charge in [0, 0.05) is 32.2 Å². The van der Waals surface area contributed by atoms with Crippen LogP contribution in [0.5, 0.6) is 0 Å². The number of nitrogens with zero attached hydrogens (tertiary/aromatic N) is 2. The fraction of sp³-hybridized carbons (Fsp3) is 0.600. The zero-order valence-corrected chi connectivity index (χ0v) is 8.35. The molecule has 0 aromatic carbocycles. The minimum atomic E-state index is -0.00171. The van der Waals surface area contributed by atoms with Gasteiger partial charge in [-0.1, -0.05) is 5.16 Å². The second kappa shape index (κ2) is 3.34. The second-order valence-corrected chi connectivity index (χ2v) is 4.27. The molecule has 0 aliphatic carbocycles. The number of nitrogens with one attached hydrogen (secondary N) is 1. The van der Waals surface area contributed by atoms with Crippen LogP contribution >= 0.6 is 0 Å². The lowest BCUT2D eigenvalue weighted by molar-refractivity contribution is 0.0771. The lowest BCUT2D eigenvalue weighted by Gasteiger charge is -2.15. The van der Waals surface area contributed by atoms with Gasteiger partial charge in [0.25, 0.3) is 5.91 Å². The summed E-state index contributed by atoms with van der Waals surface area (Å²) in [6, 6.07) is 1.62. The van der Waals surface area contributed by atoms with Crippen LogP contribution in [0.2, 0.25) is 0 Å². The van der Waals surface area contributed by atoms with Crippen LogP contribution in [0.15, 0.2) is 16.9 Å². The number of hydrogen-bond acceptors (Lipinski definition) is 4. The van der Waals surface area contributed by atoms with Gasteiger partial charge in [-0.25, -0.2) is 0 Å². The van der Waals surface area contributed by atoms with Gasteiger partial charge < -0.3 is 14.7 Å². The van der Waals surface area contributed by atoms with E-state index in [9.17, 15) is 4.79 Å². The molecule has 2 saturated heterocycles. The molecule has 5 heteroatoms. The van der Waals surface area contributed by atoms with Gasteiger partial charge in [-0.2, -0.15) is 0 Å². The Morgan fingerprint density at radius 2 is 2.20 bits per heavy atom. The van der Waals surface area contributed by atoms with Gasteiger partial charge in [-0.3, -0.25) is 4.79 Å². The fourth-order valence-electron chi connectivity index (χ4n) is 2.51. The molecule has 0 radical (unpaired) electrons. The molecule has 0 bridgehead atoms.